The summed E-state index contributed by atoms with van der Waals surface area (Å²) < 4.78 is 29.1. The van der Waals surface area contributed by atoms with Crippen LogP contribution in [0.1, 0.15) is 106 Å². The molecule has 0 aromatic carbocycles. The molecule has 0 aromatic heterocycles. The number of carbonyl (C=O) groups is 5. The fourth-order valence-corrected chi connectivity index (χ4v) is 6.79. The summed E-state index contributed by atoms with van der Waals surface area (Å²) in [5, 5.41) is 23.8. The van der Waals surface area contributed by atoms with Gasteiger partial charge in [0.2, 0.25) is 0 Å². The Bertz CT molecular complexity index is 1230. The molecule has 3 aliphatic rings. The number of fused-ring (bicyclic) bond motifs is 3. The number of aliphatic hydroxyl groups is 2. The fourth-order valence-electron chi connectivity index (χ4n) is 6.79. The zero-order valence-electron chi connectivity index (χ0n) is 27.4. The molecule has 252 valence electrons. The Morgan fingerprint density at radius 2 is 1.56 bits per heavy atom. The zero-order valence-corrected chi connectivity index (χ0v) is 27.4. The molecule has 1 saturated carbocycles. The van der Waals surface area contributed by atoms with Crippen LogP contribution in [-0.4, -0.2) is 81.3 Å². The first kappa shape index (κ1) is 36.2. The molecule has 12 heteroatoms. The lowest BCUT2D eigenvalue weighted by atomic mass is 9.75. The molecule has 8 atom stereocenters. The second-order valence-electron chi connectivity index (χ2n) is 12.9. The van der Waals surface area contributed by atoms with Gasteiger partial charge in [-0.05, 0) is 51.7 Å². The summed E-state index contributed by atoms with van der Waals surface area (Å²) in [4.78, 5) is 64.6. The molecule has 0 spiro atoms. The quantitative estimate of drug-likeness (QED) is 0.0992. The smallest absolute Gasteiger partial charge is 0.341 e. The van der Waals surface area contributed by atoms with E-state index in [1.807, 2.05) is 0 Å². The predicted octanol–water partition coefficient (Wildman–Crippen LogP) is 3.54. The van der Waals surface area contributed by atoms with Gasteiger partial charge in [-0.2, -0.15) is 0 Å². The topological polar surface area (TPSA) is 172 Å². The summed E-state index contributed by atoms with van der Waals surface area (Å²) >= 11 is 0. The van der Waals surface area contributed by atoms with Gasteiger partial charge in [-0.1, -0.05) is 46.1 Å². The second kappa shape index (κ2) is 14.0. The van der Waals surface area contributed by atoms with E-state index in [0.29, 0.717) is 12.8 Å². The number of ether oxygens (including phenoxy) is 5. The maximum Gasteiger partial charge on any atom is 0.341 e. The molecule has 1 heterocycles. The van der Waals surface area contributed by atoms with E-state index >= 15 is 0 Å². The van der Waals surface area contributed by atoms with Gasteiger partial charge < -0.3 is 33.9 Å². The van der Waals surface area contributed by atoms with Gasteiger partial charge in [-0.15, -0.1) is 0 Å². The molecule has 1 aliphatic heterocycles. The van der Waals surface area contributed by atoms with Crippen molar-refractivity contribution in [1.82, 2.24) is 0 Å². The number of carbonyl (C=O) groups excluding carboxylic acids is 5. The van der Waals surface area contributed by atoms with Crippen molar-refractivity contribution in [2.24, 2.45) is 5.92 Å². The van der Waals surface area contributed by atoms with Crippen LogP contribution in [0.2, 0.25) is 0 Å². The minimum absolute atomic E-state index is 0.0267. The molecule has 12 nitrogen and oxygen atoms in total. The van der Waals surface area contributed by atoms with Crippen molar-refractivity contribution in [2.45, 2.75) is 147 Å². The summed E-state index contributed by atoms with van der Waals surface area (Å²) in [5.41, 5.74) is -6.38. The van der Waals surface area contributed by atoms with Gasteiger partial charge in [-0.3, -0.25) is 14.4 Å². The number of hydrogen-bond donors (Lipinski definition) is 2. The van der Waals surface area contributed by atoms with Crippen LogP contribution in [-0.2, 0) is 47.7 Å². The van der Waals surface area contributed by atoms with Crippen LogP contribution in [0.25, 0.3) is 0 Å². The highest BCUT2D eigenvalue weighted by Crippen LogP contribution is 2.57. The van der Waals surface area contributed by atoms with Gasteiger partial charge in [0.25, 0.3) is 0 Å². The summed E-state index contributed by atoms with van der Waals surface area (Å²) in [5.74, 6) is -5.16. The SMILES string of the molecule is C=C(C)C(=O)O[C@H]1C(C)=C2[C@H]([C@@H]1OC(=O)CCCCCCC)[C@@](C)(OC(C)=O)C[C@H](OC(=O)CCC)[C@]1(O)[C@H]2OC(=O)[C@@]1(C)O. The van der Waals surface area contributed by atoms with E-state index in [1.54, 1.807) is 13.8 Å². The average molecular weight is 637 g/mol. The number of rotatable bonds is 13. The first-order valence-electron chi connectivity index (χ1n) is 15.8. The molecule has 0 radical (unpaired) electrons. The van der Waals surface area contributed by atoms with Crippen molar-refractivity contribution in [3.8, 4) is 0 Å². The van der Waals surface area contributed by atoms with Crippen LogP contribution in [0.5, 0.6) is 0 Å². The van der Waals surface area contributed by atoms with Gasteiger partial charge in [0, 0.05) is 31.8 Å². The van der Waals surface area contributed by atoms with Gasteiger partial charge in [0.1, 0.15) is 11.7 Å². The van der Waals surface area contributed by atoms with Crippen LogP contribution in [0.4, 0.5) is 0 Å². The molecule has 2 fully saturated rings. The van der Waals surface area contributed by atoms with Crippen molar-refractivity contribution in [3.63, 3.8) is 0 Å². The minimum Gasteiger partial charge on any atom is -0.459 e. The molecule has 0 bridgehead atoms. The third-order valence-electron chi connectivity index (χ3n) is 9.11. The highest BCUT2D eigenvalue weighted by molar-refractivity contribution is 5.88. The second-order valence-corrected chi connectivity index (χ2v) is 12.9. The third kappa shape index (κ3) is 6.96. The van der Waals surface area contributed by atoms with Gasteiger partial charge in [0.05, 0.1) is 5.92 Å². The van der Waals surface area contributed by atoms with Crippen molar-refractivity contribution < 1.29 is 57.9 Å². The van der Waals surface area contributed by atoms with E-state index in [0.717, 1.165) is 32.6 Å². The average Bonchev–Trinajstić information content (AvgIpc) is 3.27. The standard InChI is InChI=1S/C33H48O12/c1-9-11-12-13-14-16-23(36)42-27-25-24(19(5)26(27)43-29(37)18(3)4)28-33(40,32(8,39)30(38)44-28)21(41-22(35)15-10-2)17-31(25,7)45-20(6)34/h21,25-28,39-40H,3,9-17H2,1-2,4-8H3/t21-,25+,26-,27-,28-,31-,32+,33-/m0/s1. The third-order valence-corrected chi connectivity index (χ3v) is 9.11. The molecule has 0 aromatic rings. The summed E-state index contributed by atoms with van der Waals surface area (Å²) in [7, 11) is 0. The Morgan fingerprint density at radius 1 is 0.933 bits per heavy atom. The van der Waals surface area contributed by atoms with Crippen molar-refractivity contribution in [1.29, 1.82) is 0 Å². The molecule has 1 saturated heterocycles. The van der Waals surface area contributed by atoms with E-state index in [4.69, 9.17) is 23.7 Å². The van der Waals surface area contributed by atoms with E-state index in [2.05, 4.69) is 13.5 Å². The zero-order chi connectivity index (χ0) is 33.9. The molecular formula is C33H48O12. The summed E-state index contributed by atoms with van der Waals surface area (Å²) in [6.07, 6.45) is -1.38. The molecule has 2 aliphatic carbocycles. The number of esters is 5. The summed E-state index contributed by atoms with van der Waals surface area (Å²) in [6.45, 7) is 14.2. The van der Waals surface area contributed by atoms with Crippen LogP contribution < -0.4 is 0 Å². The van der Waals surface area contributed by atoms with Crippen LogP contribution >= 0.6 is 0 Å². The Morgan fingerprint density at radius 3 is 2.13 bits per heavy atom. The van der Waals surface area contributed by atoms with Crippen LogP contribution in [0.3, 0.4) is 0 Å². The lowest BCUT2D eigenvalue weighted by molar-refractivity contribution is -0.212. The van der Waals surface area contributed by atoms with Crippen molar-refractivity contribution in [2.75, 3.05) is 0 Å². The number of unbranched alkanes of at least 4 members (excludes halogenated alkanes) is 4. The van der Waals surface area contributed by atoms with E-state index in [-0.39, 0.29) is 29.6 Å². The van der Waals surface area contributed by atoms with E-state index in [9.17, 15) is 34.2 Å². The maximum atomic E-state index is 13.3. The monoisotopic (exact) mass is 636 g/mol. The molecule has 0 unspecified atom stereocenters. The van der Waals surface area contributed by atoms with Crippen molar-refractivity contribution >= 4 is 29.8 Å². The van der Waals surface area contributed by atoms with Gasteiger partial charge in [-0.25, -0.2) is 9.59 Å². The van der Waals surface area contributed by atoms with Crippen molar-refractivity contribution in [3.05, 3.63) is 23.3 Å². The number of hydrogen-bond acceptors (Lipinski definition) is 12. The largest absolute Gasteiger partial charge is 0.459 e. The van der Waals surface area contributed by atoms with E-state index in [1.165, 1.54) is 20.8 Å². The molecular weight excluding hydrogens is 588 g/mol. The first-order chi connectivity index (χ1) is 21.0. The highest BCUT2D eigenvalue weighted by atomic mass is 16.6. The lowest BCUT2D eigenvalue weighted by Gasteiger charge is -2.41. The molecule has 3 rings (SSSR count). The Kier molecular flexibility index (Phi) is 11.3. The fraction of sp³-hybridized carbons (Fsp3) is 0.727. The van der Waals surface area contributed by atoms with Gasteiger partial charge >= 0.3 is 29.8 Å². The normalized spacial score (nSPS) is 33.8. The van der Waals surface area contributed by atoms with E-state index < -0.39 is 83.4 Å². The lowest BCUT2D eigenvalue weighted by Crippen LogP contribution is -2.64. The predicted molar refractivity (Wildman–Crippen MR) is 159 cm³/mol. The summed E-state index contributed by atoms with van der Waals surface area (Å²) in [6, 6.07) is 0. The first-order valence-corrected chi connectivity index (χ1v) is 15.8. The van der Waals surface area contributed by atoms with Gasteiger partial charge in [0.15, 0.2) is 29.5 Å². The Labute approximate surface area is 264 Å². The van der Waals surface area contributed by atoms with Crippen LogP contribution in [0.15, 0.2) is 23.3 Å². The maximum absolute atomic E-state index is 13.3. The molecule has 45 heavy (non-hydrogen) atoms. The minimum atomic E-state index is -2.58. The highest BCUT2D eigenvalue weighted by Gasteiger charge is 2.76. The Hall–Kier alpha value is -3.25. The van der Waals surface area contributed by atoms with Crippen LogP contribution in [0, 0.1) is 5.92 Å². The molecule has 2 N–H and O–H groups in total. The molecule has 0 amide bonds. The Balaban J connectivity index is 2.22.